The van der Waals surface area contributed by atoms with E-state index in [1.54, 1.807) is 6.07 Å². The van der Waals surface area contributed by atoms with Gasteiger partial charge in [0, 0.05) is 19.8 Å². The minimum atomic E-state index is 0.366. The molecule has 1 aromatic heterocycles. The monoisotopic (exact) mass is 277 g/mol. The van der Waals surface area contributed by atoms with Gasteiger partial charge >= 0.3 is 0 Å². The van der Waals surface area contributed by atoms with Crippen LogP contribution in [0.5, 0.6) is 0 Å². The second-order valence-electron chi connectivity index (χ2n) is 4.18. The fourth-order valence-corrected chi connectivity index (χ4v) is 2.27. The zero-order valence-electron chi connectivity index (χ0n) is 10.9. The Morgan fingerprint density at radius 3 is 3.00 bits per heavy atom. The number of rotatable bonds is 6. The van der Waals surface area contributed by atoms with Crippen molar-refractivity contribution in [2.24, 2.45) is 0 Å². The smallest absolute Gasteiger partial charge is 0.124 e. The third-order valence-corrected chi connectivity index (χ3v) is 3.19. The molecule has 0 saturated carbocycles. The Morgan fingerprint density at radius 2 is 2.32 bits per heavy atom. The SMILES string of the molecule is CCOCCCn1c(CCl)nc2ccc(C#N)cc21. The normalized spacial score (nSPS) is 10.8. The van der Waals surface area contributed by atoms with Crippen molar-refractivity contribution in [2.45, 2.75) is 25.8 Å². The molecule has 0 spiro atoms. The predicted octanol–water partition coefficient (Wildman–Crippen LogP) is 3.07. The number of aryl methyl sites for hydroxylation is 1. The molecular formula is C14H16ClN3O. The lowest BCUT2D eigenvalue weighted by atomic mass is 10.2. The minimum Gasteiger partial charge on any atom is -0.382 e. The average molecular weight is 278 g/mol. The van der Waals surface area contributed by atoms with Crippen LogP contribution >= 0.6 is 11.6 Å². The van der Waals surface area contributed by atoms with E-state index in [4.69, 9.17) is 21.6 Å². The van der Waals surface area contributed by atoms with Crippen molar-refractivity contribution >= 4 is 22.6 Å². The molecule has 0 N–H and O–H groups in total. The molecule has 100 valence electrons. The molecule has 0 unspecified atom stereocenters. The molecule has 0 amide bonds. The molecule has 0 radical (unpaired) electrons. The lowest BCUT2D eigenvalue weighted by molar-refractivity contribution is 0.142. The Kier molecular flexibility index (Phi) is 4.78. The van der Waals surface area contributed by atoms with Crippen LogP contribution in [-0.2, 0) is 17.2 Å². The summed E-state index contributed by atoms with van der Waals surface area (Å²) in [6.07, 6.45) is 0.903. The third kappa shape index (κ3) is 3.06. The van der Waals surface area contributed by atoms with Gasteiger partial charge in [-0.3, -0.25) is 0 Å². The van der Waals surface area contributed by atoms with Crippen LogP contribution in [0.4, 0.5) is 0 Å². The van der Waals surface area contributed by atoms with Crippen LogP contribution < -0.4 is 0 Å². The Morgan fingerprint density at radius 1 is 1.47 bits per heavy atom. The quantitative estimate of drug-likeness (QED) is 0.602. The van der Waals surface area contributed by atoms with Gasteiger partial charge < -0.3 is 9.30 Å². The van der Waals surface area contributed by atoms with Gasteiger partial charge in [0.25, 0.3) is 0 Å². The molecule has 19 heavy (non-hydrogen) atoms. The molecular weight excluding hydrogens is 262 g/mol. The van der Waals surface area contributed by atoms with E-state index < -0.39 is 0 Å². The molecule has 0 aliphatic heterocycles. The average Bonchev–Trinajstić information content (AvgIpc) is 2.80. The number of hydrogen-bond acceptors (Lipinski definition) is 3. The standard InChI is InChI=1S/C14H16ClN3O/c1-2-19-7-3-6-18-13-8-11(10-16)4-5-12(13)17-14(18)9-15/h4-5,8H,2-3,6-7,9H2,1H3. The largest absolute Gasteiger partial charge is 0.382 e. The van der Waals surface area contributed by atoms with Gasteiger partial charge in [-0.1, -0.05) is 0 Å². The van der Waals surface area contributed by atoms with Crippen molar-refractivity contribution in [3.05, 3.63) is 29.6 Å². The summed E-state index contributed by atoms with van der Waals surface area (Å²) in [5, 5.41) is 8.97. The maximum Gasteiger partial charge on any atom is 0.124 e. The van der Waals surface area contributed by atoms with E-state index in [1.807, 2.05) is 19.1 Å². The number of alkyl halides is 1. The number of benzene rings is 1. The van der Waals surface area contributed by atoms with E-state index in [0.29, 0.717) is 11.4 Å². The summed E-state index contributed by atoms with van der Waals surface area (Å²) in [5.74, 6) is 1.20. The molecule has 1 aromatic carbocycles. The minimum absolute atomic E-state index is 0.366. The van der Waals surface area contributed by atoms with Crippen LogP contribution in [0.2, 0.25) is 0 Å². The van der Waals surface area contributed by atoms with Crippen molar-refractivity contribution in [1.29, 1.82) is 5.26 Å². The maximum absolute atomic E-state index is 8.97. The lowest BCUT2D eigenvalue weighted by Gasteiger charge is -2.07. The second kappa shape index (κ2) is 6.55. The molecule has 0 atom stereocenters. The number of fused-ring (bicyclic) bond motifs is 1. The van der Waals surface area contributed by atoms with Gasteiger partial charge in [-0.2, -0.15) is 5.26 Å². The number of halogens is 1. The van der Waals surface area contributed by atoms with Gasteiger partial charge in [0.2, 0.25) is 0 Å². The molecule has 1 heterocycles. The number of ether oxygens (including phenoxy) is 1. The summed E-state index contributed by atoms with van der Waals surface area (Å²) in [4.78, 5) is 4.49. The van der Waals surface area contributed by atoms with Crippen molar-refractivity contribution in [3.8, 4) is 6.07 Å². The zero-order chi connectivity index (χ0) is 13.7. The highest BCUT2D eigenvalue weighted by Gasteiger charge is 2.10. The first kappa shape index (κ1) is 13.9. The summed E-state index contributed by atoms with van der Waals surface area (Å²) in [7, 11) is 0. The number of imidazole rings is 1. The Bertz CT molecular complexity index is 600. The third-order valence-electron chi connectivity index (χ3n) is 2.95. The summed E-state index contributed by atoms with van der Waals surface area (Å²) in [6.45, 7) is 4.23. The van der Waals surface area contributed by atoms with Gasteiger partial charge in [-0.25, -0.2) is 4.98 Å². The van der Waals surface area contributed by atoms with Crippen molar-refractivity contribution in [1.82, 2.24) is 9.55 Å². The Hall–Kier alpha value is -1.57. The van der Waals surface area contributed by atoms with E-state index in [-0.39, 0.29) is 0 Å². The summed E-state index contributed by atoms with van der Waals surface area (Å²) < 4.78 is 7.41. The van der Waals surface area contributed by atoms with Gasteiger partial charge in [-0.15, -0.1) is 11.6 Å². The fourth-order valence-electron chi connectivity index (χ4n) is 2.06. The van der Waals surface area contributed by atoms with Gasteiger partial charge in [0.1, 0.15) is 5.82 Å². The van der Waals surface area contributed by atoms with Gasteiger partial charge in [0.05, 0.1) is 28.5 Å². The highest BCUT2D eigenvalue weighted by atomic mass is 35.5. The fraction of sp³-hybridized carbons (Fsp3) is 0.429. The van der Waals surface area contributed by atoms with Crippen molar-refractivity contribution < 1.29 is 4.74 Å². The topological polar surface area (TPSA) is 50.8 Å². The Labute approximate surface area is 117 Å². The van der Waals surface area contributed by atoms with E-state index in [9.17, 15) is 0 Å². The Balaban J connectivity index is 2.30. The molecule has 0 bridgehead atoms. The lowest BCUT2D eigenvalue weighted by Crippen LogP contribution is -2.05. The van der Waals surface area contributed by atoms with Crippen LogP contribution in [0.25, 0.3) is 11.0 Å². The van der Waals surface area contributed by atoms with E-state index >= 15 is 0 Å². The summed E-state index contributed by atoms with van der Waals surface area (Å²) >= 11 is 5.94. The van der Waals surface area contributed by atoms with Crippen LogP contribution in [0, 0.1) is 11.3 Å². The van der Waals surface area contributed by atoms with Crippen molar-refractivity contribution in [2.75, 3.05) is 13.2 Å². The van der Waals surface area contributed by atoms with Crippen LogP contribution in [0.15, 0.2) is 18.2 Å². The molecule has 5 heteroatoms. The number of nitriles is 1. The molecule has 2 aromatic rings. The van der Waals surface area contributed by atoms with Crippen LogP contribution in [-0.4, -0.2) is 22.8 Å². The first-order valence-corrected chi connectivity index (χ1v) is 6.86. The van der Waals surface area contributed by atoms with E-state index in [0.717, 1.165) is 43.0 Å². The van der Waals surface area contributed by atoms with Crippen LogP contribution in [0.3, 0.4) is 0 Å². The first-order valence-electron chi connectivity index (χ1n) is 6.33. The molecule has 0 aliphatic carbocycles. The highest BCUT2D eigenvalue weighted by molar-refractivity contribution is 6.16. The molecule has 0 saturated heterocycles. The molecule has 0 aliphatic rings. The van der Waals surface area contributed by atoms with E-state index in [1.165, 1.54) is 0 Å². The van der Waals surface area contributed by atoms with Gasteiger partial charge in [-0.05, 0) is 31.5 Å². The zero-order valence-corrected chi connectivity index (χ0v) is 11.7. The number of nitrogens with zero attached hydrogens (tertiary/aromatic N) is 3. The second-order valence-corrected chi connectivity index (χ2v) is 4.45. The first-order chi connectivity index (χ1) is 9.30. The highest BCUT2D eigenvalue weighted by Crippen LogP contribution is 2.19. The number of aromatic nitrogens is 2. The number of hydrogen-bond donors (Lipinski definition) is 0. The summed E-state index contributed by atoms with van der Waals surface area (Å²) in [5.41, 5.74) is 2.48. The summed E-state index contributed by atoms with van der Waals surface area (Å²) in [6, 6.07) is 7.65. The van der Waals surface area contributed by atoms with Crippen molar-refractivity contribution in [3.63, 3.8) is 0 Å². The molecule has 2 rings (SSSR count). The van der Waals surface area contributed by atoms with Gasteiger partial charge in [0.15, 0.2) is 0 Å². The van der Waals surface area contributed by atoms with E-state index in [2.05, 4.69) is 15.6 Å². The predicted molar refractivity (Wildman–Crippen MR) is 75.1 cm³/mol. The van der Waals surface area contributed by atoms with Crippen LogP contribution in [0.1, 0.15) is 24.7 Å². The maximum atomic E-state index is 8.97. The molecule has 0 fully saturated rings. The molecule has 4 nitrogen and oxygen atoms in total.